The van der Waals surface area contributed by atoms with Crippen molar-refractivity contribution in [2.45, 2.75) is 118 Å². The topological polar surface area (TPSA) is 111 Å². The molecule has 0 bridgehead atoms. The molecule has 4 fully saturated rings. The van der Waals surface area contributed by atoms with E-state index in [0.29, 0.717) is 36.0 Å². The molecule has 0 spiro atoms. The first kappa shape index (κ1) is 33.3. The van der Waals surface area contributed by atoms with E-state index in [1.54, 1.807) is 4.90 Å². The van der Waals surface area contributed by atoms with Crippen molar-refractivity contribution < 1.29 is 32.3 Å². The first-order valence-electron chi connectivity index (χ1n) is 16.1. The van der Waals surface area contributed by atoms with Crippen LogP contribution in [-0.2, 0) is 14.6 Å². The molecule has 7 nitrogen and oxygen atoms in total. The Morgan fingerprint density at radius 2 is 1.51 bits per heavy atom. The molecule has 0 heterocycles. The van der Waals surface area contributed by atoms with Gasteiger partial charge in [0.05, 0.1) is 38.4 Å². The van der Waals surface area contributed by atoms with Crippen LogP contribution in [0.25, 0.3) is 0 Å². The van der Waals surface area contributed by atoms with Gasteiger partial charge >= 0.3 is 0 Å². The third-order valence-electron chi connectivity index (χ3n) is 12.5. The largest absolute Gasteiger partial charge is 0.726 e. The zero-order chi connectivity index (χ0) is 29.2. The molecule has 0 saturated heterocycles. The highest BCUT2D eigenvalue weighted by atomic mass is 32.3. The Morgan fingerprint density at radius 1 is 0.923 bits per heavy atom. The summed E-state index contributed by atoms with van der Waals surface area (Å²) in [4.78, 5) is 1.68. The normalized spacial score (nSPS) is 42.6. The fraction of sp³-hybridized carbons (Fsp3) is 1.00. The van der Waals surface area contributed by atoms with Gasteiger partial charge in [0, 0.05) is 0 Å². The standard InChI is InChI=1S/C25H44O6S.C6H15N/c1-5-17-21-14-16(26)8-11-25(21,4)20-9-12-24(3)18(6-7-19(24)22(20)23(17)27)15(2)10-13-31-32(28,29)30;1-4-7(5-2)6-3/h15-23,26-27H,5-14H2,1-4H3,(H,28,29,30);4-6H2,1-3H3/t15?,16-,17-,18?,19?,20?,21?,22?,23-,24-,25-;/m1./s1. The van der Waals surface area contributed by atoms with Gasteiger partial charge in [0.15, 0.2) is 0 Å². The van der Waals surface area contributed by atoms with E-state index in [0.717, 1.165) is 51.4 Å². The number of aliphatic hydroxyl groups is 2. The van der Waals surface area contributed by atoms with Gasteiger partial charge in [0.2, 0.25) is 10.4 Å². The van der Waals surface area contributed by atoms with E-state index in [4.69, 9.17) is 0 Å². The van der Waals surface area contributed by atoms with Crippen LogP contribution >= 0.6 is 0 Å². The number of quaternary nitrogens is 1. The molecule has 0 aromatic rings. The number of hydrogen-bond acceptors (Lipinski definition) is 6. The lowest BCUT2D eigenvalue weighted by molar-refractivity contribution is -0.894. The summed E-state index contributed by atoms with van der Waals surface area (Å²) in [6.45, 7) is 19.7. The maximum Gasteiger partial charge on any atom is 0.217 e. The van der Waals surface area contributed by atoms with Crippen LogP contribution in [0.2, 0.25) is 0 Å². The Morgan fingerprint density at radius 3 is 2.05 bits per heavy atom. The van der Waals surface area contributed by atoms with E-state index in [2.05, 4.69) is 52.6 Å². The summed E-state index contributed by atoms with van der Waals surface area (Å²) in [6.07, 6.45) is 8.26. The molecule has 4 rings (SSSR count). The minimum absolute atomic E-state index is 0.0427. The maximum atomic E-state index is 11.7. The molecule has 0 amide bonds. The highest BCUT2D eigenvalue weighted by Crippen LogP contribution is 2.69. The third kappa shape index (κ3) is 6.88. The predicted molar refractivity (Wildman–Crippen MR) is 154 cm³/mol. The molecule has 0 radical (unpaired) electrons. The summed E-state index contributed by atoms with van der Waals surface area (Å²) < 4.78 is 37.0. The van der Waals surface area contributed by atoms with Crippen LogP contribution in [0.4, 0.5) is 0 Å². The van der Waals surface area contributed by atoms with Gasteiger partial charge in [0.1, 0.15) is 0 Å². The summed E-state index contributed by atoms with van der Waals surface area (Å²) in [5.74, 6) is 2.69. The van der Waals surface area contributed by atoms with Crippen molar-refractivity contribution in [2.24, 2.45) is 52.3 Å². The first-order chi connectivity index (χ1) is 18.3. The van der Waals surface area contributed by atoms with Gasteiger partial charge in [-0.3, -0.25) is 4.18 Å². The molecule has 8 heteroatoms. The van der Waals surface area contributed by atoms with E-state index < -0.39 is 10.4 Å². The van der Waals surface area contributed by atoms with Crippen molar-refractivity contribution in [3.05, 3.63) is 0 Å². The molecular formula is C31H59NO6S. The molecular weight excluding hydrogens is 514 g/mol. The second-order valence-electron chi connectivity index (χ2n) is 13.9. The minimum atomic E-state index is -4.64. The average molecular weight is 574 g/mol. The maximum absolute atomic E-state index is 11.7. The van der Waals surface area contributed by atoms with Crippen molar-refractivity contribution in [1.82, 2.24) is 0 Å². The van der Waals surface area contributed by atoms with Crippen molar-refractivity contribution in [3.8, 4) is 0 Å². The third-order valence-corrected chi connectivity index (χ3v) is 12.9. The van der Waals surface area contributed by atoms with Gasteiger partial charge in [-0.05, 0) is 124 Å². The molecule has 0 aromatic carbocycles. The van der Waals surface area contributed by atoms with Crippen molar-refractivity contribution in [1.29, 1.82) is 0 Å². The average Bonchev–Trinajstić information content (AvgIpc) is 3.23. The Labute approximate surface area is 239 Å². The number of rotatable bonds is 9. The van der Waals surface area contributed by atoms with Crippen LogP contribution in [0.3, 0.4) is 0 Å². The van der Waals surface area contributed by atoms with E-state index in [1.807, 2.05) is 0 Å². The lowest BCUT2D eigenvalue weighted by Crippen LogP contribution is -3.11. The van der Waals surface area contributed by atoms with Gasteiger partial charge in [-0.2, -0.15) is 0 Å². The molecule has 3 N–H and O–H groups in total. The Kier molecular flexibility index (Phi) is 11.4. The van der Waals surface area contributed by atoms with Gasteiger partial charge < -0.3 is 19.7 Å². The summed E-state index contributed by atoms with van der Waals surface area (Å²) in [5, 5.41) is 22.1. The Balaban J connectivity index is 0.000000532. The van der Waals surface area contributed by atoms with Gasteiger partial charge in [-0.25, -0.2) is 8.42 Å². The van der Waals surface area contributed by atoms with Crippen LogP contribution in [0.5, 0.6) is 0 Å². The van der Waals surface area contributed by atoms with E-state index >= 15 is 0 Å². The predicted octanol–water partition coefficient (Wildman–Crippen LogP) is 4.05. The van der Waals surface area contributed by atoms with Crippen molar-refractivity contribution in [3.63, 3.8) is 0 Å². The highest BCUT2D eigenvalue weighted by molar-refractivity contribution is 7.80. The molecule has 4 aliphatic rings. The molecule has 4 saturated carbocycles. The lowest BCUT2D eigenvalue weighted by atomic mass is 9.41. The zero-order valence-corrected chi connectivity index (χ0v) is 26.6. The van der Waals surface area contributed by atoms with Gasteiger partial charge in [0.25, 0.3) is 0 Å². The quantitative estimate of drug-likeness (QED) is 0.284. The fourth-order valence-electron chi connectivity index (χ4n) is 10.2. The zero-order valence-electron chi connectivity index (χ0n) is 25.8. The van der Waals surface area contributed by atoms with Gasteiger partial charge in [-0.15, -0.1) is 0 Å². The molecule has 6 unspecified atom stereocenters. The summed E-state index contributed by atoms with van der Waals surface area (Å²) >= 11 is 0. The van der Waals surface area contributed by atoms with Crippen LogP contribution in [0.15, 0.2) is 0 Å². The van der Waals surface area contributed by atoms with E-state index in [-0.39, 0.29) is 41.5 Å². The number of fused-ring (bicyclic) bond motifs is 5. The van der Waals surface area contributed by atoms with E-state index in [1.165, 1.54) is 19.6 Å². The molecule has 4 aliphatic carbocycles. The van der Waals surface area contributed by atoms with Crippen LogP contribution in [-0.4, -0.2) is 61.6 Å². The van der Waals surface area contributed by atoms with E-state index in [9.17, 15) is 23.2 Å². The Hall–Kier alpha value is -0.250. The highest BCUT2D eigenvalue weighted by Gasteiger charge is 2.64. The first-order valence-corrected chi connectivity index (χ1v) is 17.4. The minimum Gasteiger partial charge on any atom is -0.726 e. The summed E-state index contributed by atoms with van der Waals surface area (Å²) in [6, 6.07) is 0. The molecule has 0 aromatic heterocycles. The molecule has 39 heavy (non-hydrogen) atoms. The molecule has 230 valence electrons. The summed E-state index contributed by atoms with van der Waals surface area (Å²) in [7, 11) is -4.64. The van der Waals surface area contributed by atoms with Crippen molar-refractivity contribution in [2.75, 3.05) is 26.2 Å². The second kappa shape index (κ2) is 13.4. The summed E-state index contributed by atoms with van der Waals surface area (Å²) in [5.41, 5.74) is 0.332. The number of hydrogen-bond donors (Lipinski definition) is 3. The number of aliphatic hydroxyl groups excluding tert-OH is 2. The van der Waals surface area contributed by atoms with Crippen LogP contribution in [0.1, 0.15) is 106 Å². The van der Waals surface area contributed by atoms with Gasteiger partial charge in [-0.1, -0.05) is 34.1 Å². The number of nitrogens with one attached hydrogen (secondary N) is 1. The SMILES string of the molecule is CC[C@@H]1C2C[C@H](O)CC[C@]2(C)C2CC[C@]3(C)C(C(C)CCOS(=O)(=O)[O-])CCC3C2[C@@H]1O.CC[NH+](CC)CC. The molecule has 0 aliphatic heterocycles. The monoisotopic (exact) mass is 573 g/mol. The fourth-order valence-corrected chi connectivity index (χ4v) is 10.5. The second-order valence-corrected chi connectivity index (χ2v) is 15.0. The van der Waals surface area contributed by atoms with Crippen LogP contribution in [0, 0.1) is 52.3 Å². The smallest absolute Gasteiger partial charge is 0.217 e. The lowest BCUT2D eigenvalue weighted by Gasteiger charge is -2.64. The Bertz CT molecular complexity index is 875. The van der Waals surface area contributed by atoms with Crippen molar-refractivity contribution >= 4 is 10.4 Å². The molecule has 11 atom stereocenters. The van der Waals surface area contributed by atoms with Crippen LogP contribution < -0.4 is 4.90 Å².